The number of aryl methyl sites for hydroxylation is 2. The van der Waals surface area contributed by atoms with Crippen molar-refractivity contribution in [1.82, 2.24) is 9.97 Å². The van der Waals surface area contributed by atoms with E-state index in [1.54, 1.807) is 11.3 Å². The molecule has 5 heteroatoms. The van der Waals surface area contributed by atoms with Crippen LogP contribution in [0.4, 0.5) is 17.5 Å². The standard InChI is InChI=1S/C15H16N4S/c1-9-6-10(2)8-11(7-9)17-13-12-4-5-20-14(12)19-15(16-3)18-13/h4-8H,1-3H3,(H2,16,17,18,19). The third-order valence-electron chi connectivity index (χ3n) is 3.03. The minimum Gasteiger partial charge on any atom is -0.357 e. The number of nitrogens with zero attached hydrogens (tertiary/aromatic N) is 2. The molecule has 0 spiro atoms. The molecule has 0 aliphatic carbocycles. The van der Waals surface area contributed by atoms with Gasteiger partial charge < -0.3 is 10.6 Å². The summed E-state index contributed by atoms with van der Waals surface area (Å²) in [6.45, 7) is 4.19. The quantitative estimate of drug-likeness (QED) is 0.760. The molecular weight excluding hydrogens is 268 g/mol. The van der Waals surface area contributed by atoms with Crippen LogP contribution < -0.4 is 10.6 Å². The fraction of sp³-hybridized carbons (Fsp3) is 0.200. The molecule has 0 unspecified atom stereocenters. The number of benzene rings is 1. The van der Waals surface area contributed by atoms with Crippen molar-refractivity contribution in [2.45, 2.75) is 13.8 Å². The third-order valence-corrected chi connectivity index (χ3v) is 3.84. The molecule has 0 fully saturated rings. The second-order valence-corrected chi connectivity index (χ2v) is 5.68. The second-order valence-electron chi connectivity index (χ2n) is 4.79. The number of rotatable bonds is 3. The fourth-order valence-electron chi connectivity index (χ4n) is 2.25. The molecule has 3 aromatic rings. The zero-order chi connectivity index (χ0) is 14.1. The van der Waals surface area contributed by atoms with Crippen molar-refractivity contribution in [2.24, 2.45) is 0 Å². The minimum absolute atomic E-state index is 0.631. The van der Waals surface area contributed by atoms with Crippen molar-refractivity contribution in [2.75, 3.05) is 17.7 Å². The topological polar surface area (TPSA) is 49.8 Å². The van der Waals surface area contributed by atoms with E-state index in [1.807, 2.05) is 18.5 Å². The predicted octanol–water partition coefficient (Wildman–Crippen LogP) is 4.09. The Hall–Kier alpha value is -2.14. The summed E-state index contributed by atoms with van der Waals surface area (Å²) in [6.07, 6.45) is 0. The number of hydrogen-bond donors (Lipinski definition) is 2. The Bertz CT molecular complexity index is 743. The van der Waals surface area contributed by atoms with Gasteiger partial charge >= 0.3 is 0 Å². The minimum atomic E-state index is 0.631. The Morgan fingerprint density at radius 2 is 1.80 bits per heavy atom. The molecule has 0 saturated heterocycles. The van der Waals surface area contributed by atoms with Crippen molar-refractivity contribution in [1.29, 1.82) is 0 Å². The van der Waals surface area contributed by atoms with Gasteiger partial charge in [-0.05, 0) is 48.6 Å². The van der Waals surface area contributed by atoms with Crippen molar-refractivity contribution in [3.63, 3.8) is 0 Å². The average Bonchev–Trinajstić information content (AvgIpc) is 2.85. The molecule has 0 aliphatic rings. The first-order valence-corrected chi connectivity index (χ1v) is 7.32. The van der Waals surface area contributed by atoms with Gasteiger partial charge in [0.15, 0.2) is 0 Å². The molecule has 4 nitrogen and oxygen atoms in total. The van der Waals surface area contributed by atoms with Gasteiger partial charge in [0, 0.05) is 12.7 Å². The molecule has 0 radical (unpaired) electrons. The molecule has 2 heterocycles. The highest BCUT2D eigenvalue weighted by atomic mass is 32.1. The molecule has 2 N–H and O–H groups in total. The van der Waals surface area contributed by atoms with Crippen molar-refractivity contribution >= 4 is 39.0 Å². The SMILES string of the molecule is CNc1nc(Nc2cc(C)cc(C)c2)c2ccsc2n1. The van der Waals surface area contributed by atoms with Crippen LogP contribution in [-0.4, -0.2) is 17.0 Å². The maximum absolute atomic E-state index is 4.52. The van der Waals surface area contributed by atoms with E-state index in [-0.39, 0.29) is 0 Å². The van der Waals surface area contributed by atoms with Crippen LogP contribution >= 0.6 is 11.3 Å². The van der Waals surface area contributed by atoms with Gasteiger partial charge in [-0.25, -0.2) is 4.98 Å². The number of aromatic nitrogens is 2. The summed E-state index contributed by atoms with van der Waals surface area (Å²) in [6, 6.07) is 8.44. The van der Waals surface area contributed by atoms with E-state index < -0.39 is 0 Å². The second kappa shape index (κ2) is 5.09. The third kappa shape index (κ3) is 2.44. The zero-order valence-electron chi connectivity index (χ0n) is 11.7. The van der Waals surface area contributed by atoms with Gasteiger partial charge in [0.1, 0.15) is 10.6 Å². The molecule has 20 heavy (non-hydrogen) atoms. The Balaban J connectivity index is 2.07. The van der Waals surface area contributed by atoms with E-state index in [1.165, 1.54) is 11.1 Å². The van der Waals surface area contributed by atoms with Gasteiger partial charge in [-0.2, -0.15) is 4.98 Å². The lowest BCUT2D eigenvalue weighted by molar-refractivity contribution is 1.20. The van der Waals surface area contributed by atoms with Crippen molar-refractivity contribution < 1.29 is 0 Å². The smallest absolute Gasteiger partial charge is 0.225 e. The van der Waals surface area contributed by atoms with Crippen LogP contribution in [0, 0.1) is 13.8 Å². The number of anilines is 3. The summed E-state index contributed by atoms with van der Waals surface area (Å²) < 4.78 is 0. The largest absolute Gasteiger partial charge is 0.357 e. The first-order chi connectivity index (χ1) is 9.65. The molecule has 0 amide bonds. The summed E-state index contributed by atoms with van der Waals surface area (Å²) in [7, 11) is 1.83. The van der Waals surface area contributed by atoms with E-state index in [2.05, 4.69) is 52.6 Å². The zero-order valence-corrected chi connectivity index (χ0v) is 12.5. The molecule has 1 aromatic carbocycles. The predicted molar refractivity (Wildman–Crippen MR) is 86.2 cm³/mol. The molecule has 0 aliphatic heterocycles. The maximum atomic E-state index is 4.52. The van der Waals surface area contributed by atoms with E-state index in [0.29, 0.717) is 5.95 Å². The Morgan fingerprint density at radius 1 is 1.05 bits per heavy atom. The monoisotopic (exact) mass is 284 g/mol. The lowest BCUT2D eigenvalue weighted by Crippen LogP contribution is -2.01. The summed E-state index contributed by atoms with van der Waals surface area (Å²) in [5, 5.41) is 9.49. The van der Waals surface area contributed by atoms with Gasteiger partial charge in [0.2, 0.25) is 5.95 Å². The van der Waals surface area contributed by atoms with E-state index in [4.69, 9.17) is 0 Å². The van der Waals surface area contributed by atoms with E-state index in [0.717, 1.165) is 21.7 Å². The molecule has 0 bridgehead atoms. The first-order valence-electron chi connectivity index (χ1n) is 6.44. The molecule has 0 atom stereocenters. The van der Waals surface area contributed by atoms with Crippen LogP contribution in [0.1, 0.15) is 11.1 Å². The molecule has 2 aromatic heterocycles. The number of nitrogens with one attached hydrogen (secondary N) is 2. The first kappa shape index (κ1) is 12.9. The highest BCUT2D eigenvalue weighted by Gasteiger charge is 2.08. The van der Waals surface area contributed by atoms with Gasteiger partial charge in [0.25, 0.3) is 0 Å². The van der Waals surface area contributed by atoms with Crippen molar-refractivity contribution in [3.05, 3.63) is 40.8 Å². The van der Waals surface area contributed by atoms with Gasteiger partial charge in [-0.15, -0.1) is 11.3 Å². The molecular formula is C15H16N4S. The summed E-state index contributed by atoms with van der Waals surface area (Å²) >= 11 is 1.62. The van der Waals surface area contributed by atoms with Crippen LogP contribution in [0.25, 0.3) is 10.2 Å². The maximum Gasteiger partial charge on any atom is 0.225 e. The van der Waals surface area contributed by atoms with Gasteiger partial charge in [-0.1, -0.05) is 6.07 Å². The lowest BCUT2D eigenvalue weighted by Gasteiger charge is -2.10. The van der Waals surface area contributed by atoms with Crippen LogP contribution in [0.15, 0.2) is 29.6 Å². The molecule has 0 saturated carbocycles. The Kier molecular flexibility index (Phi) is 3.28. The van der Waals surface area contributed by atoms with Crippen molar-refractivity contribution in [3.8, 4) is 0 Å². The van der Waals surface area contributed by atoms with E-state index >= 15 is 0 Å². The van der Waals surface area contributed by atoms with Crippen LogP contribution in [-0.2, 0) is 0 Å². The summed E-state index contributed by atoms with van der Waals surface area (Å²) in [5.74, 6) is 1.47. The fourth-order valence-corrected chi connectivity index (χ4v) is 3.01. The molecule has 3 rings (SSSR count). The molecule has 102 valence electrons. The Morgan fingerprint density at radius 3 is 2.50 bits per heavy atom. The number of hydrogen-bond acceptors (Lipinski definition) is 5. The Labute approximate surface area is 121 Å². The normalized spacial score (nSPS) is 10.8. The van der Waals surface area contributed by atoms with Crippen LogP contribution in [0.3, 0.4) is 0 Å². The lowest BCUT2D eigenvalue weighted by atomic mass is 10.1. The highest BCUT2D eigenvalue weighted by Crippen LogP contribution is 2.29. The summed E-state index contributed by atoms with van der Waals surface area (Å²) in [5.41, 5.74) is 3.52. The van der Waals surface area contributed by atoms with Crippen LogP contribution in [0.2, 0.25) is 0 Å². The average molecular weight is 284 g/mol. The van der Waals surface area contributed by atoms with Gasteiger partial charge in [-0.3, -0.25) is 0 Å². The highest BCUT2D eigenvalue weighted by molar-refractivity contribution is 7.16. The summed E-state index contributed by atoms with van der Waals surface area (Å²) in [4.78, 5) is 9.95. The number of thiophene rings is 1. The van der Waals surface area contributed by atoms with Crippen LogP contribution in [0.5, 0.6) is 0 Å². The van der Waals surface area contributed by atoms with Gasteiger partial charge in [0.05, 0.1) is 5.39 Å². The number of fused-ring (bicyclic) bond motifs is 1. The van der Waals surface area contributed by atoms with E-state index in [9.17, 15) is 0 Å².